The van der Waals surface area contributed by atoms with E-state index in [1.54, 1.807) is 0 Å². The molecular formula is C18H25N3O2. The van der Waals surface area contributed by atoms with Crippen molar-refractivity contribution in [1.29, 1.82) is 5.26 Å². The molecule has 0 radical (unpaired) electrons. The Balaban J connectivity index is 1.81. The lowest BCUT2D eigenvalue weighted by Crippen LogP contribution is -2.50. The molecule has 0 atom stereocenters. The molecule has 1 aliphatic heterocycles. The summed E-state index contributed by atoms with van der Waals surface area (Å²) in [5.74, 6) is 1.19. The fourth-order valence-electron chi connectivity index (χ4n) is 2.75. The molecule has 124 valence electrons. The standard InChI is InChI=1S/C18H25N3O2/c1-15(2)16-6-3-4-7-17(16)23-14-18(22)21-12-10-20(11-13-21)9-5-8-19/h3-4,6-7,15H,5,9-14H2,1-2H3. The molecule has 1 aromatic carbocycles. The van der Waals surface area contributed by atoms with Crippen molar-refractivity contribution in [2.24, 2.45) is 0 Å². The summed E-state index contributed by atoms with van der Waals surface area (Å²) >= 11 is 0. The molecule has 0 aromatic heterocycles. The molecule has 0 spiro atoms. The summed E-state index contributed by atoms with van der Waals surface area (Å²) in [6.45, 7) is 8.18. The summed E-state index contributed by atoms with van der Waals surface area (Å²) in [4.78, 5) is 16.4. The van der Waals surface area contributed by atoms with Crippen LogP contribution in [0.25, 0.3) is 0 Å². The van der Waals surface area contributed by atoms with E-state index in [0.29, 0.717) is 25.4 Å². The topological polar surface area (TPSA) is 56.6 Å². The molecule has 1 aromatic rings. The highest BCUT2D eigenvalue weighted by molar-refractivity contribution is 5.78. The lowest BCUT2D eigenvalue weighted by atomic mass is 10.0. The van der Waals surface area contributed by atoms with Crippen LogP contribution in [0.5, 0.6) is 5.75 Å². The van der Waals surface area contributed by atoms with Crippen LogP contribution in [0.15, 0.2) is 24.3 Å². The van der Waals surface area contributed by atoms with E-state index in [1.807, 2.05) is 29.2 Å². The van der Waals surface area contributed by atoms with Crippen molar-refractivity contribution >= 4 is 5.91 Å². The quantitative estimate of drug-likeness (QED) is 0.808. The normalized spacial score (nSPS) is 15.5. The second-order valence-corrected chi connectivity index (χ2v) is 6.11. The Morgan fingerprint density at radius 3 is 2.61 bits per heavy atom. The lowest BCUT2D eigenvalue weighted by Gasteiger charge is -2.34. The second kappa shape index (κ2) is 8.54. The average Bonchev–Trinajstić information content (AvgIpc) is 2.58. The number of nitrogens with zero attached hydrogens (tertiary/aromatic N) is 3. The van der Waals surface area contributed by atoms with Gasteiger partial charge in [-0.3, -0.25) is 9.69 Å². The Labute approximate surface area is 138 Å². The summed E-state index contributed by atoms with van der Waals surface area (Å²) in [7, 11) is 0. The highest BCUT2D eigenvalue weighted by atomic mass is 16.5. The first kappa shape index (κ1) is 17.3. The number of carbonyl (C=O) groups is 1. The Morgan fingerprint density at radius 2 is 1.96 bits per heavy atom. The minimum atomic E-state index is 0.0310. The summed E-state index contributed by atoms with van der Waals surface area (Å²) in [6.07, 6.45) is 0.545. The van der Waals surface area contributed by atoms with Crippen molar-refractivity contribution in [3.05, 3.63) is 29.8 Å². The number of hydrogen-bond acceptors (Lipinski definition) is 4. The number of ether oxygens (including phenoxy) is 1. The van der Waals surface area contributed by atoms with Gasteiger partial charge >= 0.3 is 0 Å². The van der Waals surface area contributed by atoms with E-state index in [9.17, 15) is 4.79 Å². The predicted octanol–water partition coefficient (Wildman–Crippen LogP) is 2.25. The molecule has 5 heteroatoms. The smallest absolute Gasteiger partial charge is 0.260 e. The van der Waals surface area contributed by atoms with E-state index in [2.05, 4.69) is 24.8 Å². The van der Waals surface area contributed by atoms with Crippen molar-refractivity contribution in [3.8, 4) is 11.8 Å². The van der Waals surface area contributed by atoms with Gasteiger partial charge in [-0.05, 0) is 17.5 Å². The van der Waals surface area contributed by atoms with Crippen LogP contribution in [0.2, 0.25) is 0 Å². The van der Waals surface area contributed by atoms with Crippen LogP contribution >= 0.6 is 0 Å². The maximum Gasteiger partial charge on any atom is 0.260 e. The zero-order chi connectivity index (χ0) is 16.7. The highest BCUT2D eigenvalue weighted by Crippen LogP contribution is 2.25. The van der Waals surface area contributed by atoms with E-state index in [-0.39, 0.29) is 12.5 Å². The lowest BCUT2D eigenvalue weighted by molar-refractivity contribution is -0.135. The van der Waals surface area contributed by atoms with Crippen LogP contribution in [0.3, 0.4) is 0 Å². The van der Waals surface area contributed by atoms with Crippen LogP contribution in [0.4, 0.5) is 0 Å². The van der Waals surface area contributed by atoms with Gasteiger partial charge in [-0.2, -0.15) is 5.26 Å². The molecule has 0 aliphatic carbocycles. The SMILES string of the molecule is CC(C)c1ccccc1OCC(=O)N1CCN(CCC#N)CC1. The minimum absolute atomic E-state index is 0.0310. The molecule has 1 heterocycles. The molecule has 1 fully saturated rings. The van der Waals surface area contributed by atoms with Crippen LogP contribution in [-0.4, -0.2) is 55.0 Å². The van der Waals surface area contributed by atoms with E-state index in [4.69, 9.17) is 10.00 Å². The van der Waals surface area contributed by atoms with Gasteiger partial charge in [-0.25, -0.2) is 0 Å². The van der Waals surface area contributed by atoms with Gasteiger partial charge in [-0.15, -0.1) is 0 Å². The summed E-state index contributed by atoms with van der Waals surface area (Å²) < 4.78 is 5.76. The summed E-state index contributed by atoms with van der Waals surface area (Å²) in [5, 5.41) is 8.62. The van der Waals surface area contributed by atoms with Crippen LogP contribution in [-0.2, 0) is 4.79 Å². The second-order valence-electron chi connectivity index (χ2n) is 6.11. The third kappa shape index (κ3) is 4.97. The maximum atomic E-state index is 12.3. The van der Waals surface area contributed by atoms with Gasteiger partial charge in [0.05, 0.1) is 6.07 Å². The number of amides is 1. The van der Waals surface area contributed by atoms with Gasteiger partial charge < -0.3 is 9.64 Å². The molecule has 1 saturated heterocycles. The monoisotopic (exact) mass is 315 g/mol. The number of carbonyl (C=O) groups excluding carboxylic acids is 1. The highest BCUT2D eigenvalue weighted by Gasteiger charge is 2.21. The summed E-state index contributed by atoms with van der Waals surface area (Å²) in [5.41, 5.74) is 1.13. The van der Waals surface area contributed by atoms with Gasteiger partial charge in [0.1, 0.15) is 5.75 Å². The molecule has 0 bridgehead atoms. The molecule has 1 aliphatic rings. The molecule has 5 nitrogen and oxygen atoms in total. The van der Waals surface area contributed by atoms with E-state index < -0.39 is 0 Å². The van der Waals surface area contributed by atoms with Gasteiger partial charge in [0.2, 0.25) is 0 Å². The van der Waals surface area contributed by atoms with E-state index >= 15 is 0 Å². The molecular weight excluding hydrogens is 290 g/mol. The Kier molecular flexibility index (Phi) is 6.42. The molecule has 23 heavy (non-hydrogen) atoms. The fraction of sp³-hybridized carbons (Fsp3) is 0.556. The molecule has 0 unspecified atom stereocenters. The molecule has 1 amide bonds. The van der Waals surface area contributed by atoms with E-state index in [1.165, 1.54) is 0 Å². The average molecular weight is 315 g/mol. The van der Waals surface area contributed by atoms with Crippen molar-refractivity contribution < 1.29 is 9.53 Å². The van der Waals surface area contributed by atoms with Crippen LogP contribution in [0, 0.1) is 11.3 Å². The first-order valence-corrected chi connectivity index (χ1v) is 8.20. The first-order valence-electron chi connectivity index (χ1n) is 8.20. The van der Waals surface area contributed by atoms with Gasteiger partial charge in [0.15, 0.2) is 6.61 Å². The molecule has 0 N–H and O–H groups in total. The largest absolute Gasteiger partial charge is 0.483 e. The maximum absolute atomic E-state index is 12.3. The first-order chi connectivity index (χ1) is 11.1. The Hall–Kier alpha value is -2.06. The Bertz CT molecular complexity index is 558. The number of piperazine rings is 1. The van der Waals surface area contributed by atoms with Crippen molar-refractivity contribution in [2.75, 3.05) is 39.3 Å². The summed E-state index contributed by atoms with van der Waals surface area (Å²) in [6, 6.07) is 10.0. The third-order valence-electron chi connectivity index (χ3n) is 4.16. The van der Waals surface area contributed by atoms with Gasteiger partial charge in [0, 0.05) is 39.1 Å². The van der Waals surface area contributed by atoms with Crippen molar-refractivity contribution in [1.82, 2.24) is 9.80 Å². The zero-order valence-corrected chi connectivity index (χ0v) is 14.0. The number of para-hydroxylation sites is 1. The number of rotatable bonds is 6. The van der Waals surface area contributed by atoms with Crippen molar-refractivity contribution in [2.45, 2.75) is 26.2 Å². The number of benzene rings is 1. The zero-order valence-electron chi connectivity index (χ0n) is 14.0. The van der Waals surface area contributed by atoms with Gasteiger partial charge in [0.25, 0.3) is 5.91 Å². The third-order valence-corrected chi connectivity index (χ3v) is 4.16. The predicted molar refractivity (Wildman–Crippen MR) is 89.3 cm³/mol. The fourth-order valence-corrected chi connectivity index (χ4v) is 2.75. The minimum Gasteiger partial charge on any atom is -0.483 e. The van der Waals surface area contributed by atoms with E-state index in [0.717, 1.165) is 30.9 Å². The molecule has 2 rings (SSSR count). The van der Waals surface area contributed by atoms with Gasteiger partial charge in [-0.1, -0.05) is 32.0 Å². The Morgan fingerprint density at radius 1 is 1.26 bits per heavy atom. The van der Waals surface area contributed by atoms with Crippen molar-refractivity contribution in [3.63, 3.8) is 0 Å². The van der Waals surface area contributed by atoms with Crippen LogP contribution < -0.4 is 4.74 Å². The molecule has 0 saturated carbocycles. The number of hydrogen-bond donors (Lipinski definition) is 0. The number of nitriles is 1. The van der Waals surface area contributed by atoms with Crippen LogP contribution in [0.1, 0.15) is 31.7 Å².